The zero-order valence-electron chi connectivity index (χ0n) is 11.7. The van der Waals surface area contributed by atoms with E-state index >= 15 is 0 Å². The third-order valence-electron chi connectivity index (χ3n) is 3.73. The van der Waals surface area contributed by atoms with E-state index in [4.69, 9.17) is 0 Å². The van der Waals surface area contributed by atoms with Crippen LogP contribution in [0.25, 0.3) is 11.3 Å². The van der Waals surface area contributed by atoms with E-state index in [0.717, 1.165) is 22.5 Å². The van der Waals surface area contributed by atoms with Crippen molar-refractivity contribution < 1.29 is 5.11 Å². The molecule has 1 aromatic heterocycles. The molecule has 1 aromatic carbocycles. The van der Waals surface area contributed by atoms with Gasteiger partial charge in [-0.1, -0.05) is 32.9 Å². The number of phenolic OH excluding ortho intramolecular Hbond substituents is 1. The van der Waals surface area contributed by atoms with Crippen LogP contribution in [0, 0.1) is 0 Å². The van der Waals surface area contributed by atoms with Crippen molar-refractivity contribution in [1.82, 2.24) is 10.2 Å². The highest BCUT2D eigenvalue weighted by molar-refractivity contribution is 5.63. The molecule has 19 heavy (non-hydrogen) atoms. The number of benzene rings is 1. The molecule has 0 aliphatic heterocycles. The van der Waals surface area contributed by atoms with Crippen LogP contribution < -0.4 is 0 Å². The van der Waals surface area contributed by atoms with Crippen molar-refractivity contribution in [2.45, 2.75) is 44.9 Å². The Morgan fingerprint density at radius 1 is 1.21 bits per heavy atom. The molecule has 100 valence electrons. The van der Waals surface area contributed by atoms with Gasteiger partial charge in [0.25, 0.3) is 0 Å². The number of nitrogens with zero attached hydrogens (tertiary/aromatic N) is 1. The lowest BCUT2D eigenvalue weighted by Crippen LogP contribution is -2.11. The molecule has 2 N–H and O–H groups in total. The summed E-state index contributed by atoms with van der Waals surface area (Å²) in [7, 11) is 0. The van der Waals surface area contributed by atoms with Gasteiger partial charge in [0.05, 0.1) is 5.69 Å². The summed E-state index contributed by atoms with van der Waals surface area (Å²) in [5, 5.41) is 17.5. The highest BCUT2D eigenvalue weighted by atomic mass is 16.3. The van der Waals surface area contributed by atoms with Crippen molar-refractivity contribution >= 4 is 0 Å². The lowest BCUT2D eigenvalue weighted by molar-refractivity contribution is 0.468. The number of phenols is 1. The SMILES string of the molecule is CC(C)(C)c1cc(-c2ccc(C3CC3)c(O)c2)n[nH]1. The van der Waals surface area contributed by atoms with E-state index in [-0.39, 0.29) is 5.41 Å². The zero-order valence-corrected chi connectivity index (χ0v) is 11.7. The van der Waals surface area contributed by atoms with Crippen molar-refractivity contribution in [3.05, 3.63) is 35.5 Å². The number of H-pyrrole nitrogens is 1. The average Bonchev–Trinajstić information content (AvgIpc) is 3.03. The van der Waals surface area contributed by atoms with Crippen LogP contribution in [0.4, 0.5) is 0 Å². The lowest BCUT2D eigenvalue weighted by atomic mass is 9.92. The Bertz CT molecular complexity index is 603. The van der Waals surface area contributed by atoms with Gasteiger partial charge < -0.3 is 5.11 Å². The van der Waals surface area contributed by atoms with Crippen LogP contribution in [-0.4, -0.2) is 15.3 Å². The second-order valence-electron chi connectivity index (χ2n) is 6.46. The van der Waals surface area contributed by atoms with E-state index in [0.29, 0.717) is 11.7 Å². The van der Waals surface area contributed by atoms with Gasteiger partial charge in [0.1, 0.15) is 5.75 Å². The van der Waals surface area contributed by atoms with Crippen molar-refractivity contribution in [1.29, 1.82) is 0 Å². The molecule has 0 saturated heterocycles. The third-order valence-corrected chi connectivity index (χ3v) is 3.73. The largest absolute Gasteiger partial charge is 0.508 e. The second-order valence-corrected chi connectivity index (χ2v) is 6.46. The van der Waals surface area contributed by atoms with Gasteiger partial charge in [-0.2, -0.15) is 5.10 Å². The Morgan fingerprint density at radius 3 is 2.47 bits per heavy atom. The predicted octanol–water partition coefficient (Wildman–Crippen LogP) is 3.96. The van der Waals surface area contributed by atoms with Gasteiger partial charge in [0.15, 0.2) is 0 Å². The molecule has 3 rings (SSSR count). The van der Waals surface area contributed by atoms with Crippen LogP contribution in [0.1, 0.15) is 50.8 Å². The van der Waals surface area contributed by atoms with E-state index in [2.05, 4.69) is 43.1 Å². The topological polar surface area (TPSA) is 48.9 Å². The maximum absolute atomic E-state index is 10.1. The maximum Gasteiger partial charge on any atom is 0.119 e. The van der Waals surface area contributed by atoms with Gasteiger partial charge in [-0.3, -0.25) is 5.10 Å². The number of hydrogen-bond acceptors (Lipinski definition) is 2. The number of aromatic amines is 1. The molecule has 1 fully saturated rings. The van der Waals surface area contributed by atoms with Gasteiger partial charge in [0, 0.05) is 16.7 Å². The number of aromatic hydroxyl groups is 1. The summed E-state index contributed by atoms with van der Waals surface area (Å²) in [6, 6.07) is 7.98. The Labute approximate surface area is 113 Å². The molecule has 1 saturated carbocycles. The van der Waals surface area contributed by atoms with Gasteiger partial charge in [-0.15, -0.1) is 0 Å². The minimum absolute atomic E-state index is 0.0568. The van der Waals surface area contributed by atoms with Gasteiger partial charge >= 0.3 is 0 Å². The van der Waals surface area contributed by atoms with Crippen LogP contribution in [-0.2, 0) is 5.41 Å². The molecule has 0 unspecified atom stereocenters. The standard InChI is InChI=1S/C16H20N2O/c1-16(2,3)15-9-13(17-18-15)11-6-7-12(10-4-5-10)14(19)8-11/h6-10,19H,4-5H2,1-3H3,(H,17,18). The molecular formula is C16H20N2O. The normalized spacial score (nSPS) is 15.7. The second kappa shape index (κ2) is 4.12. The van der Waals surface area contributed by atoms with Crippen LogP contribution in [0.2, 0.25) is 0 Å². The summed E-state index contributed by atoms with van der Waals surface area (Å²) in [6.45, 7) is 6.45. The molecule has 3 nitrogen and oxygen atoms in total. The van der Waals surface area contributed by atoms with Crippen LogP contribution in [0.5, 0.6) is 5.75 Å². The number of hydrogen-bond donors (Lipinski definition) is 2. The summed E-state index contributed by atoms with van der Waals surface area (Å²) in [5.74, 6) is 0.971. The fraction of sp³-hybridized carbons (Fsp3) is 0.438. The molecule has 3 heteroatoms. The third kappa shape index (κ3) is 2.37. The predicted molar refractivity (Wildman–Crippen MR) is 76.4 cm³/mol. The van der Waals surface area contributed by atoms with E-state index in [1.807, 2.05) is 12.1 Å². The van der Waals surface area contributed by atoms with E-state index < -0.39 is 0 Å². The van der Waals surface area contributed by atoms with Crippen molar-refractivity contribution in [3.63, 3.8) is 0 Å². The summed E-state index contributed by atoms with van der Waals surface area (Å²) in [5.41, 5.74) is 4.10. The van der Waals surface area contributed by atoms with Crippen molar-refractivity contribution in [2.75, 3.05) is 0 Å². The van der Waals surface area contributed by atoms with Gasteiger partial charge in [-0.05, 0) is 36.5 Å². The Balaban J connectivity index is 1.93. The first-order chi connectivity index (χ1) is 8.95. The number of nitrogens with one attached hydrogen (secondary N) is 1. The van der Waals surface area contributed by atoms with Crippen LogP contribution in [0.15, 0.2) is 24.3 Å². The number of rotatable bonds is 2. The Hall–Kier alpha value is -1.77. The molecule has 1 aliphatic carbocycles. The first kappa shape index (κ1) is 12.3. The number of aromatic nitrogens is 2. The highest BCUT2D eigenvalue weighted by Crippen LogP contribution is 2.44. The quantitative estimate of drug-likeness (QED) is 0.854. The average molecular weight is 256 g/mol. The fourth-order valence-electron chi connectivity index (χ4n) is 2.30. The summed E-state index contributed by atoms with van der Waals surface area (Å²) in [6.07, 6.45) is 2.40. The molecule has 0 atom stereocenters. The molecule has 0 spiro atoms. The van der Waals surface area contributed by atoms with Crippen molar-refractivity contribution in [3.8, 4) is 17.0 Å². The monoisotopic (exact) mass is 256 g/mol. The Morgan fingerprint density at radius 2 is 1.95 bits per heavy atom. The van der Waals surface area contributed by atoms with Crippen LogP contribution >= 0.6 is 0 Å². The summed E-state index contributed by atoms with van der Waals surface area (Å²) in [4.78, 5) is 0. The molecular weight excluding hydrogens is 236 g/mol. The smallest absolute Gasteiger partial charge is 0.119 e. The molecule has 2 aromatic rings. The Kier molecular flexibility index (Phi) is 2.66. The van der Waals surface area contributed by atoms with E-state index in [1.165, 1.54) is 12.8 Å². The van der Waals surface area contributed by atoms with E-state index in [9.17, 15) is 5.11 Å². The fourth-order valence-corrected chi connectivity index (χ4v) is 2.30. The molecule has 0 amide bonds. The van der Waals surface area contributed by atoms with Crippen molar-refractivity contribution in [2.24, 2.45) is 0 Å². The van der Waals surface area contributed by atoms with Gasteiger partial charge in [-0.25, -0.2) is 0 Å². The maximum atomic E-state index is 10.1. The summed E-state index contributed by atoms with van der Waals surface area (Å²) >= 11 is 0. The lowest BCUT2D eigenvalue weighted by Gasteiger charge is -2.14. The zero-order chi connectivity index (χ0) is 13.6. The molecule has 1 heterocycles. The minimum atomic E-state index is 0.0568. The van der Waals surface area contributed by atoms with Crippen LogP contribution in [0.3, 0.4) is 0 Å². The molecule has 1 aliphatic rings. The summed E-state index contributed by atoms with van der Waals surface area (Å²) < 4.78 is 0. The van der Waals surface area contributed by atoms with Gasteiger partial charge in [0.2, 0.25) is 0 Å². The first-order valence-corrected chi connectivity index (χ1v) is 6.84. The molecule has 0 radical (unpaired) electrons. The minimum Gasteiger partial charge on any atom is -0.508 e. The molecule has 0 bridgehead atoms. The highest BCUT2D eigenvalue weighted by Gasteiger charge is 2.26. The first-order valence-electron chi connectivity index (χ1n) is 6.84. The van der Waals surface area contributed by atoms with E-state index in [1.54, 1.807) is 0 Å².